The maximum atomic E-state index is 12.7. The predicted octanol–water partition coefficient (Wildman–Crippen LogP) is 3.35. The molecule has 0 radical (unpaired) electrons. The molecule has 38 heavy (non-hydrogen) atoms. The van der Waals surface area contributed by atoms with E-state index >= 15 is 0 Å². The zero-order valence-electron chi connectivity index (χ0n) is 21.6. The van der Waals surface area contributed by atoms with E-state index in [0.29, 0.717) is 12.2 Å². The Morgan fingerprint density at radius 1 is 1.00 bits per heavy atom. The van der Waals surface area contributed by atoms with Crippen molar-refractivity contribution in [2.24, 2.45) is 0 Å². The number of likely N-dealkylation sites (tertiary alicyclic amines) is 1. The number of aromatic amines is 1. The Hall–Kier alpha value is -4.05. The van der Waals surface area contributed by atoms with Gasteiger partial charge in [0.25, 0.3) is 0 Å². The molecule has 5 heterocycles. The number of urea groups is 1. The molecule has 0 spiro atoms. The van der Waals surface area contributed by atoms with Crippen LogP contribution in [0, 0.1) is 0 Å². The number of piperazine rings is 1. The van der Waals surface area contributed by atoms with E-state index in [1.54, 1.807) is 13.3 Å². The number of fused-ring (bicyclic) bond motifs is 1. The highest BCUT2D eigenvalue weighted by molar-refractivity contribution is 5.82. The Kier molecular flexibility index (Phi) is 6.87. The number of carbonyl (C=O) groups is 1. The summed E-state index contributed by atoms with van der Waals surface area (Å²) in [6.07, 6.45) is 7.93. The van der Waals surface area contributed by atoms with Gasteiger partial charge < -0.3 is 19.5 Å². The van der Waals surface area contributed by atoms with Gasteiger partial charge in [0.1, 0.15) is 17.8 Å². The Bertz CT molecular complexity index is 1420. The summed E-state index contributed by atoms with van der Waals surface area (Å²) in [5.74, 6) is 1.50. The van der Waals surface area contributed by atoms with Crippen molar-refractivity contribution in [2.45, 2.75) is 25.8 Å². The monoisotopic (exact) mass is 512 g/mol. The quantitative estimate of drug-likeness (QED) is 0.423. The summed E-state index contributed by atoms with van der Waals surface area (Å²) in [5.41, 5.74) is 5.72. The van der Waals surface area contributed by atoms with Gasteiger partial charge in [-0.05, 0) is 42.7 Å². The van der Waals surface area contributed by atoms with Crippen LogP contribution in [0.3, 0.4) is 0 Å². The van der Waals surface area contributed by atoms with E-state index in [1.807, 2.05) is 34.2 Å². The van der Waals surface area contributed by atoms with Crippen molar-refractivity contribution in [3.8, 4) is 17.0 Å². The van der Waals surface area contributed by atoms with E-state index in [1.165, 1.54) is 11.9 Å². The molecule has 2 aliphatic rings. The first-order chi connectivity index (χ1) is 18.7. The van der Waals surface area contributed by atoms with Gasteiger partial charge in [-0.2, -0.15) is 0 Å². The summed E-state index contributed by atoms with van der Waals surface area (Å²) < 4.78 is 5.42. The maximum absolute atomic E-state index is 12.7. The molecule has 10 nitrogen and oxygen atoms in total. The zero-order valence-corrected chi connectivity index (χ0v) is 21.6. The molecule has 1 N–H and O–H groups in total. The molecule has 196 valence electrons. The average molecular weight is 513 g/mol. The van der Waals surface area contributed by atoms with E-state index in [0.717, 1.165) is 92.5 Å². The number of nitrogens with zero attached hydrogens (tertiary/aromatic N) is 7. The number of benzene rings is 1. The van der Waals surface area contributed by atoms with Crippen LogP contribution in [0.1, 0.15) is 29.9 Å². The molecule has 0 saturated carbocycles. The third-order valence-corrected chi connectivity index (χ3v) is 7.36. The van der Waals surface area contributed by atoms with Crippen LogP contribution in [0.4, 0.5) is 4.79 Å². The van der Waals surface area contributed by atoms with Gasteiger partial charge in [-0.25, -0.2) is 19.7 Å². The van der Waals surface area contributed by atoms with Crippen molar-refractivity contribution < 1.29 is 9.53 Å². The van der Waals surface area contributed by atoms with Crippen molar-refractivity contribution in [2.75, 3.05) is 46.4 Å². The molecule has 0 atom stereocenters. The van der Waals surface area contributed by atoms with Gasteiger partial charge in [-0.3, -0.25) is 9.88 Å². The fraction of sp³-hybridized carbons (Fsp3) is 0.393. The first-order valence-electron chi connectivity index (χ1n) is 13.2. The minimum atomic E-state index is 0.211. The smallest absolute Gasteiger partial charge is 0.320 e. The lowest BCUT2D eigenvalue weighted by Crippen LogP contribution is -2.52. The van der Waals surface area contributed by atoms with Crippen molar-refractivity contribution in [3.63, 3.8) is 0 Å². The molecule has 2 saturated heterocycles. The number of imidazole rings is 1. The molecule has 4 aromatic rings. The highest BCUT2D eigenvalue weighted by Gasteiger charge is 2.26. The lowest BCUT2D eigenvalue weighted by atomic mass is 10.1. The minimum absolute atomic E-state index is 0.211. The molecule has 0 aliphatic carbocycles. The van der Waals surface area contributed by atoms with Gasteiger partial charge in [-0.1, -0.05) is 6.07 Å². The van der Waals surface area contributed by atoms with Crippen LogP contribution in [0.25, 0.3) is 22.3 Å². The Balaban J connectivity index is 1.09. The number of carbonyl (C=O) groups excluding carboxylic acids is 1. The molecule has 10 heteroatoms. The summed E-state index contributed by atoms with van der Waals surface area (Å²) in [7, 11) is 1.62. The van der Waals surface area contributed by atoms with Crippen molar-refractivity contribution in [1.29, 1.82) is 0 Å². The second-order valence-corrected chi connectivity index (χ2v) is 9.93. The number of rotatable bonds is 6. The summed E-state index contributed by atoms with van der Waals surface area (Å²) in [4.78, 5) is 40.3. The summed E-state index contributed by atoms with van der Waals surface area (Å²) in [6, 6.07) is 10.5. The molecular formula is C28H32N8O2. The number of nitrogens with one attached hydrogen (secondary N) is 1. The SMILES string of the molecule is COc1cncnc1-c1ccc2nc(Cc3cc(CN4CCN(C(=O)N5CCCC5)CC4)ccn3)[nH]c2c1. The van der Waals surface area contributed by atoms with Crippen LogP contribution in [0.5, 0.6) is 5.75 Å². The minimum Gasteiger partial charge on any atom is -0.493 e. The number of ether oxygens (including phenoxy) is 1. The van der Waals surface area contributed by atoms with Crippen LogP contribution < -0.4 is 4.74 Å². The fourth-order valence-corrected chi connectivity index (χ4v) is 5.34. The topological polar surface area (TPSA) is 103 Å². The lowest BCUT2D eigenvalue weighted by molar-refractivity contribution is 0.115. The fourth-order valence-electron chi connectivity index (χ4n) is 5.34. The Morgan fingerprint density at radius 3 is 2.63 bits per heavy atom. The maximum Gasteiger partial charge on any atom is 0.320 e. The van der Waals surface area contributed by atoms with E-state index in [2.05, 4.69) is 37.0 Å². The van der Waals surface area contributed by atoms with E-state index in [9.17, 15) is 4.79 Å². The number of methoxy groups -OCH3 is 1. The van der Waals surface area contributed by atoms with Crippen molar-refractivity contribution >= 4 is 17.1 Å². The number of amides is 2. The lowest BCUT2D eigenvalue weighted by Gasteiger charge is -2.36. The van der Waals surface area contributed by atoms with Crippen molar-refractivity contribution in [3.05, 3.63) is 66.1 Å². The van der Waals surface area contributed by atoms with Crippen LogP contribution in [-0.4, -0.2) is 92.0 Å². The van der Waals surface area contributed by atoms with Gasteiger partial charge in [-0.15, -0.1) is 0 Å². The third-order valence-electron chi connectivity index (χ3n) is 7.36. The first kappa shape index (κ1) is 24.3. The third kappa shape index (κ3) is 5.17. The largest absolute Gasteiger partial charge is 0.493 e. The van der Waals surface area contributed by atoms with E-state index in [4.69, 9.17) is 9.72 Å². The molecule has 2 amide bonds. The van der Waals surface area contributed by atoms with Crippen LogP contribution in [0.2, 0.25) is 0 Å². The van der Waals surface area contributed by atoms with Gasteiger partial charge in [0.05, 0.1) is 24.3 Å². The van der Waals surface area contributed by atoms with Gasteiger partial charge >= 0.3 is 6.03 Å². The molecule has 3 aromatic heterocycles. The number of H-pyrrole nitrogens is 1. The molecule has 1 aromatic carbocycles. The first-order valence-corrected chi connectivity index (χ1v) is 13.2. The second-order valence-electron chi connectivity index (χ2n) is 9.93. The van der Waals surface area contributed by atoms with Crippen LogP contribution in [0.15, 0.2) is 49.1 Å². The molecule has 2 fully saturated rings. The molecule has 2 aliphatic heterocycles. The highest BCUT2D eigenvalue weighted by atomic mass is 16.5. The summed E-state index contributed by atoms with van der Waals surface area (Å²) >= 11 is 0. The second kappa shape index (κ2) is 10.7. The van der Waals surface area contributed by atoms with Crippen LogP contribution >= 0.6 is 0 Å². The molecular weight excluding hydrogens is 480 g/mol. The number of hydrogen-bond donors (Lipinski definition) is 1. The Morgan fingerprint density at radius 2 is 1.82 bits per heavy atom. The van der Waals surface area contributed by atoms with Gasteiger partial charge in [0.15, 0.2) is 5.75 Å². The average Bonchev–Trinajstić information content (AvgIpc) is 3.63. The summed E-state index contributed by atoms with van der Waals surface area (Å²) in [5, 5.41) is 0. The Labute approximate surface area is 221 Å². The number of aromatic nitrogens is 5. The highest BCUT2D eigenvalue weighted by Crippen LogP contribution is 2.28. The zero-order chi connectivity index (χ0) is 25.9. The molecule has 0 bridgehead atoms. The van der Waals surface area contributed by atoms with Crippen LogP contribution in [-0.2, 0) is 13.0 Å². The normalized spacial score (nSPS) is 16.3. The standard InChI is InChI=1S/C28H32N8O2/c1-38-25-17-29-19-31-27(25)21-4-5-23-24(15-21)33-26(32-23)16-22-14-20(6-7-30-22)18-34-10-12-36(13-11-34)28(37)35-8-2-3-9-35/h4-7,14-15,17,19H,2-3,8-13,16,18H2,1H3,(H,32,33). The number of pyridine rings is 1. The molecule has 6 rings (SSSR count). The number of hydrogen-bond acceptors (Lipinski definition) is 7. The predicted molar refractivity (Wildman–Crippen MR) is 144 cm³/mol. The van der Waals surface area contributed by atoms with Gasteiger partial charge in [0, 0.05) is 69.7 Å². The van der Waals surface area contributed by atoms with Crippen molar-refractivity contribution in [1.82, 2.24) is 39.6 Å². The molecule has 0 unspecified atom stereocenters. The van der Waals surface area contributed by atoms with E-state index in [-0.39, 0.29) is 6.03 Å². The van der Waals surface area contributed by atoms with E-state index < -0.39 is 0 Å². The summed E-state index contributed by atoms with van der Waals surface area (Å²) in [6.45, 7) is 6.01. The van der Waals surface area contributed by atoms with Gasteiger partial charge in [0.2, 0.25) is 0 Å².